The molecule has 0 aliphatic carbocycles. The maximum atomic E-state index is 11.2. The Morgan fingerprint density at radius 1 is 1.50 bits per heavy atom. The van der Waals surface area contributed by atoms with Crippen LogP contribution in [-0.4, -0.2) is 11.0 Å². The van der Waals surface area contributed by atoms with Crippen LogP contribution in [0.3, 0.4) is 0 Å². The van der Waals surface area contributed by atoms with Gasteiger partial charge >= 0.3 is 0 Å². The van der Waals surface area contributed by atoms with E-state index in [-0.39, 0.29) is 5.75 Å². The van der Waals surface area contributed by atoms with Gasteiger partial charge in [0.25, 0.3) is 5.91 Å². The molecular formula is C9H8N2O2S. The number of fused-ring (bicyclic) bond motifs is 1. The number of hydrogen-bond acceptors (Lipinski definition) is 4. The third-order valence-electron chi connectivity index (χ3n) is 1.94. The number of amides is 1. The van der Waals surface area contributed by atoms with Gasteiger partial charge in [-0.25, -0.2) is 5.84 Å². The number of carbonyl (C=O) groups is 1. The van der Waals surface area contributed by atoms with E-state index in [4.69, 9.17) is 5.84 Å². The molecule has 2 rings (SSSR count). The summed E-state index contributed by atoms with van der Waals surface area (Å²) in [5, 5.41) is 12.2. The van der Waals surface area contributed by atoms with Gasteiger partial charge in [0.05, 0.1) is 0 Å². The Balaban J connectivity index is 2.64. The van der Waals surface area contributed by atoms with E-state index in [1.807, 2.05) is 10.8 Å². The Morgan fingerprint density at radius 3 is 3.00 bits per heavy atom. The Bertz CT molecular complexity index is 493. The molecule has 72 valence electrons. The van der Waals surface area contributed by atoms with Crippen LogP contribution in [0.4, 0.5) is 0 Å². The number of nitrogens with two attached hydrogens (primary N) is 1. The van der Waals surface area contributed by atoms with E-state index >= 15 is 0 Å². The molecule has 0 saturated heterocycles. The normalized spacial score (nSPS) is 10.4. The molecule has 0 fully saturated rings. The van der Waals surface area contributed by atoms with Crippen molar-refractivity contribution >= 4 is 27.3 Å². The largest absolute Gasteiger partial charge is 0.507 e. The number of hydrogen-bond donors (Lipinski definition) is 3. The fourth-order valence-corrected chi connectivity index (χ4v) is 2.11. The van der Waals surface area contributed by atoms with Crippen LogP contribution in [0.1, 0.15) is 10.4 Å². The molecule has 0 aliphatic heterocycles. The number of nitrogen functional groups attached to an aromatic ring is 1. The molecule has 0 unspecified atom stereocenters. The third kappa shape index (κ3) is 1.32. The van der Waals surface area contributed by atoms with Crippen molar-refractivity contribution in [2.75, 3.05) is 0 Å². The zero-order valence-corrected chi connectivity index (χ0v) is 7.97. The van der Waals surface area contributed by atoms with Gasteiger partial charge in [0.15, 0.2) is 0 Å². The molecule has 1 aromatic heterocycles. The van der Waals surface area contributed by atoms with Crippen molar-refractivity contribution in [1.29, 1.82) is 0 Å². The first-order valence-electron chi connectivity index (χ1n) is 3.93. The molecule has 1 amide bonds. The minimum atomic E-state index is -0.407. The Kier molecular flexibility index (Phi) is 2.11. The van der Waals surface area contributed by atoms with Gasteiger partial charge < -0.3 is 5.11 Å². The number of phenols is 1. The summed E-state index contributed by atoms with van der Waals surface area (Å²) in [6.45, 7) is 0. The molecule has 0 saturated carbocycles. The predicted octanol–water partition coefficient (Wildman–Crippen LogP) is 1.21. The number of nitrogens with one attached hydrogen (secondary N) is 1. The molecule has 0 radical (unpaired) electrons. The summed E-state index contributed by atoms with van der Waals surface area (Å²) in [7, 11) is 0. The van der Waals surface area contributed by atoms with Gasteiger partial charge in [0.1, 0.15) is 5.75 Å². The number of hydrazine groups is 1. The zero-order chi connectivity index (χ0) is 10.1. The SMILES string of the molecule is NNC(=O)c1cc(O)c2ccsc2c1. The number of aromatic hydroxyl groups is 1. The second-order valence-electron chi connectivity index (χ2n) is 2.80. The van der Waals surface area contributed by atoms with Gasteiger partial charge in [-0.3, -0.25) is 10.2 Å². The standard InChI is InChI=1S/C9H8N2O2S/c10-11-9(13)5-3-7(12)6-1-2-14-8(6)4-5/h1-4,12H,10H2,(H,11,13). The van der Waals surface area contributed by atoms with Crippen LogP contribution in [0.5, 0.6) is 5.75 Å². The quantitative estimate of drug-likeness (QED) is 0.374. The van der Waals surface area contributed by atoms with Crippen molar-refractivity contribution in [2.45, 2.75) is 0 Å². The van der Waals surface area contributed by atoms with E-state index in [9.17, 15) is 9.90 Å². The van der Waals surface area contributed by atoms with Crippen molar-refractivity contribution < 1.29 is 9.90 Å². The molecule has 5 heteroatoms. The lowest BCUT2D eigenvalue weighted by atomic mass is 10.1. The molecule has 4 N–H and O–H groups in total. The second kappa shape index (κ2) is 3.28. The third-order valence-corrected chi connectivity index (χ3v) is 2.81. The van der Waals surface area contributed by atoms with Crippen molar-refractivity contribution in [3.8, 4) is 5.75 Å². The van der Waals surface area contributed by atoms with Crippen LogP contribution in [0.15, 0.2) is 23.6 Å². The first-order valence-corrected chi connectivity index (χ1v) is 4.81. The number of rotatable bonds is 1. The Labute approximate surface area is 83.9 Å². The minimum Gasteiger partial charge on any atom is -0.507 e. The lowest BCUT2D eigenvalue weighted by Gasteiger charge is -2.01. The molecule has 14 heavy (non-hydrogen) atoms. The van der Waals surface area contributed by atoms with Gasteiger partial charge in [0.2, 0.25) is 0 Å². The average molecular weight is 208 g/mol. The highest BCUT2D eigenvalue weighted by molar-refractivity contribution is 7.17. The molecule has 0 spiro atoms. The van der Waals surface area contributed by atoms with E-state index in [1.54, 1.807) is 12.1 Å². The van der Waals surface area contributed by atoms with Crippen LogP contribution < -0.4 is 11.3 Å². The monoisotopic (exact) mass is 208 g/mol. The topological polar surface area (TPSA) is 75.3 Å². The fraction of sp³-hybridized carbons (Fsp3) is 0. The van der Waals surface area contributed by atoms with E-state index in [0.717, 1.165) is 10.1 Å². The lowest BCUT2D eigenvalue weighted by molar-refractivity contribution is 0.0953. The molecule has 2 aromatic rings. The second-order valence-corrected chi connectivity index (χ2v) is 3.75. The average Bonchev–Trinajstić information content (AvgIpc) is 2.64. The van der Waals surface area contributed by atoms with Crippen LogP contribution in [-0.2, 0) is 0 Å². The lowest BCUT2D eigenvalue weighted by Crippen LogP contribution is -2.29. The summed E-state index contributed by atoms with van der Waals surface area (Å²) in [6, 6.07) is 4.90. The van der Waals surface area contributed by atoms with Gasteiger partial charge in [-0.15, -0.1) is 11.3 Å². The Hall–Kier alpha value is -1.59. The molecule has 0 aliphatic rings. The van der Waals surface area contributed by atoms with Crippen LogP contribution in [0.2, 0.25) is 0 Å². The predicted molar refractivity (Wildman–Crippen MR) is 55.1 cm³/mol. The maximum Gasteiger partial charge on any atom is 0.265 e. The maximum absolute atomic E-state index is 11.2. The summed E-state index contributed by atoms with van der Waals surface area (Å²) < 4.78 is 0.864. The molecule has 0 bridgehead atoms. The smallest absolute Gasteiger partial charge is 0.265 e. The number of carbonyl (C=O) groups excluding carboxylic acids is 1. The highest BCUT2D eigenvalue weighted by Crippen LogP contribution is 2.30. The summed E-state index contributed by atoms with van der Waals surface area (Å²) in [5.41, 5.74) is 2.38. The van der Waals surface area contributed by atoms with Gasteiger partial charge in [-0.1, -0.05) is 0 Å². The molecule has 1 heterocycles. The molecule has 1 aromatic carbocycles. The van der Waals surface area contributed by atoms with Crippen molar-refractivity contribution in [2.24, 2.45) is 5.84 Å². The molecule has 4 nitrogen and oxygen atoms in total. The highest BCUT2D eigenvalue weighted by Gasteiger charge is 2.08. The molecular weight excluding hydrogens is 200 g/mol. The minimum absolute atomic E-state index is 0.0994. The number of benzene rings is 1. The van der Waals surface area contributed by atoms with Crippen LogP contribution >= 0.6 is 11.3 Å². The van der Waals surface area contributed by atoms with E-state index in [0.29, 0.717) is 5.56 Å². The van der Waals surface area contributed by atoms with Crippen molar-refractivity contribution in [3.05, 3.63) is 29.1 Å². The summed E-state index contributed by atoms with van der Waals surface area (Å²) in [5.74, 6) is 4.69. The highest BCUT2D eigenvalue weighted by atomic mass is 32.1. The zero-order valence-electron chi connectivity index (χ0n) is 7.15. The van der Waals surface area contributed by atoms with Crippen LogP contribution in [0.25, 0.3) is 10.1 Å². The number of thiophene rings is 1. The summed E-state index contributed by atoms with van der Waals surface area (Å²) in [4.78, 5) is 11.2. The first-order chi connectivity index (χ1) is 6.72. The van der Waals surface area contributed by atoms with Gasteiger partial charge in [-0.2, -0.15) is 0 Å². The van der Waals surface area contributed by atoms with E-state index < -0.39 is 5.91 Å². The van der Waals surface area contributed by atoms with Crippen molar-refractivity contribution in [3.63, 3.8) is 0 Å². The van der Waals surface area contributed by atoms with E-state index in [2.05, 4.69) is 0 Å². The fourth-order valence-electron chi connectivity index (χ4n) is 1.27. The molecule has 0 atom stereocenters. The van der Waals surface area contributed by atoms with Crippen molar-refractivity contribution in [1.82, 2.24) is 5.43 Å². The summed E-state index contributed by atoms with van der Waals surface area (Å²) in [6.07, 6.45) is 0. The first kappa shape index (κ1) is 8.98. The van der Waals surface area contributed by atoms with Gasteiger partial charge in [0, 0.05) is 15.6 Å². The van der Waals surface area contributed by atoms with Crippen LogP contribution in [0, 0.1) is 0 Å². The Morgan fingerprint density at radius 2 is 2.29 bits per heavy atom. The van der Waals surface area contributed by atoms with Gasteiger partial charge in [-0.05, 0) is 23.6 Å². The van der Waals surface area contributed by atoms with E-state index in [1.165, 1.54) is 17.4 Å². The summed E-state index contributed by atoms with van der Waals surface area (Å²) >= 11 is 1.46. The number of phenolic OH excluding ortho intramolecular Hbond substituents is 1.